The van der Waals surface area contributed by atoms with Crippen molar-refractivity contribution >= 4 is 11.9 Å². The molecule has 158 valence electrons. The van der Waals surface area contributed by atoms with Gasteiger partial charge in [-0.15, -0.1) is 0 Å². The molecule has 1 amide bonds. The van der Waals surface area contributed by atoms with E-state index < -0.39 is 0 Å². The number of rotatable bonds is 12. The smallest absolute Gasteiger partial charge is 0.234 e. The van der Waals surface area contributed by atoms with Crippen molar-refractivity contribution in [1.82, 2.24) is 25.8 Å². The molecule has 1 fully saturated rings. The highest BCUT2D eigenvalue weighted by molar-refractivity contribution is 5.80. The molecule has 3 N–H and O–H groups in total. The summed E-state index contributed by atoms with van der Waals surface area (Å²) in [5, 5.41) is 9.89. The molecule has 1 saturated heterocycles. The number of aliphatic imine (C=N–C) groups is 1. The summed E-state index contributed by atoms with van der Waals surface area (Å²) in [7, 11) is 2.16. The summed E-state index contributed by atoms with van der Waals surface area (Å²) >= 11 is 0. The molecule has 7 heteroatoms. The average molecular weight is 383 g/mol. The minimum Gasteiger partial charge on any atom is -0.357 e. The van der Waals surface area contributed by atoms with E-state index in [1.165, 1.54) is 12.8 Å². The average Bonchev–Trinajstić information content (AvgIpc) is 2.66. The van der Waals surface area contributed by atoms with Gasteiger partial charge < -0.3 is 20.9 Å². The van der Waals surface area contributed by atoms with Crippen molar-refractivity contribution < 1.29 is 4.79 Å². The van der Waals surface area contributed by atoms with Crippen LogP contribution in [0.25, 0.3) is 0 Å². The van der Waals surface area contributed by atoms with Crippen molar-refractivity contribution in [3.8, 4) is 0 Å². The van der Waals surface area contributed by atoms with Crippen LogP contribution in [-0.4, -0.2) is 87.1 Å². The van der Waals surface area contributed by atoms with Gasteiger partial charge in [0.2, 0.25) is 5.91 Å². The van der Waals surface area contributed by atoms with E-state index in [2.05, 4.69) is 53.6 Å². The Labute approximate surface area is 166 Å². The van der Waals surface area contributed by atoms with Crippen LogP contribution in [0.5, 0.6) is 0 Å². The zero-order chi connectivity index (χ0) is 19.9. The number of likely N-dealkylation sites (tertiary alicyclic amines) is 1. The Kier molecular flexibility index (Phi) is 12.9. The van der Waals surface area contributed by atoms with Crippen LogP contribution in [0, 0.1) is 0 Å². The summed E-state index contributed by atoms with van der Waals surface area (Å²) in [6.07, 6.45) is 5.55. The minimum atomic E-state index is 0.144. The molecule has 0 spiro atoms. The van der Waals surface area contributed by atoms with E-state index in [0.29, 0.717) is 12.6 Å². The lowest BCUT2D eigenvalue weighted by Gasteiger charge is -2.32. The number of carbonyl (C=O) groups is 1. The van der Waals surface area contributed by atoms with Crippen LogP contribution in [0.2, 0.25) is 0 Å². The first kappa shape index (κ1) is 23.7. The quantitative estimate of drug-likeness (QED) is 0.350. The van der Waals surface area contributed by atoms with Crippen molar-refractivity contribution in [2.24, 2.45) is 4.99 Å². The third-order valence-corrected chi connectivity index (χ3v) is 4.86. The van der Waals surface area contributed by atoms with E-state index in [1.807, 2.05) is 0 Å². The zero-order valence-corrected chi connectivity index (χ0v) is 18.0. The number of nitrogens with zero attached hydrogens (tertiary/aromatic N) is 3. The molecule has 0 aliphatic carbocycles. The van der Waals surface area contributed by atoms with Crippen molar-refractivity contribution in [3.63, 3.8) is 0 Å². The Morgan fingerprint density at radius 2 is 1.85 bits per heavy atom. The topological polar surface area (TPSA) is 72.0 Å². The molecule has 0 atom stereocenters. The van der Waals surface area contributed by atoms with Crippen LogP contribution >= 0.6 is 0 Å². The fraction of sp³-hybridized carbons (Fsp3) is 0.900. The lowest BCUT2D eigenvalue weighted by Crippen LogP contribution is -2.50. The molecular weight excluding hydrogens is 340 g/mol. The lowest BCUT2D eigenvalue weighted by atomic mass is 10.1. The maximum absolute atomic E-state index is 11.9. The van der Waals surface area contributed by atoms with Crippen LogP contribution < -0.4 is 16.0 Å². The Bertz CT molecular complexity index is 421. The second kappa shape index (κ2) is 14.7. The third-order valence-electron chi connectivity index (χ3n) is 4.86. The zero-order valence-electron chi connectivity index (χ0n) is 18.0. The Balaban J connectivity index is 2.32. The number of nitrogens with one attached hydrogen (secondary N) is 3. The molecule has 0 aromatic rings. The van der Waals surface area contributed by atoms with E-state index in [1.54, 1.807) is 0 Å². The van der Waals surface area contributed by atoms with Gasteiger partial charge >= 0.3 is 0 Å². The minimum absolute atomic E-state index is 0.144. The van der Waals surface area contributed by atoms with Gasteiger partial charge in [0, 0.05) is 38.8 Å². The molecule has 0 aromatic heterocycles. The van der Waals surface area contributed by atoms with Crippen LogP contribution in [0.15, 0.2) is 4.99 Å². The number of piperidine rings is 1. The van der Waals surface area contributed by atoms with E-state index in [0.717, 1.165) is 71.0 Å². The summed E-state index contributed by atoms with van der Waals surface area (Å²) in [5.41, 5.74) is 0. The summed E-state index contributed by atoms with van der Waals surface area (Å²) in [4.78, 5) is 21.2. The van der Waals surface area contributed by atoms with Crippen molar-refractivity contribution in [2.75, 3.05) is 59.4 Å². The number of likely N-dealkylation sites (N-methyl/N-ethyl adjacent to an activating group) is 1. The highest BCUT2D eigenvalue weighted by Gasteiger charge is 2.21. The van der Waals surface area contributed by atoms with Gasteiger partial charge in [0.1, 0.15) is 0 Å². The van der Waals surface area contributed by atoms with Crippen LogP contribution in [-0.2, 0) is 4.79 Å². The molecular formula is C20H42N6O. The first-order valence-corrected chi connectivity index (χ1v) is 10.8. The summed E-state index contributed by atoms with van der Waals surface area (Å²) in [6.45, 7) is 13.4. The van der Waals surface area contributed by atoms with Crippen LogP contribution in [0.3, 0.4) is 0 Å². The van der Waals surface area contributed by atoms with E-state index in [9.17, 15) is 4.79 Å². The predicted octanol–water partition coefficient (Wildman–Crippen LogP) is 1.26. The number of guanidine groups is 1. The van der Waals surface area contributed by atoms with Gasteiger partial charge in [0.15, 0.2) is 5.96 Å². The number of unbranched alkanes of at least 4 members (excludes halogenated alkanes) is 1. The molecule has 0 radical (unpaired) electrons. The normalized spacial score (nSPS) is 16.6. The standard InChI is InChI=1S/C20H42N6O/c1-5-8-13-25(4)16-12-23-20(21-7-3)24-18-9-14-26(15-10-18)17-19(27)22-11-6-2/h18H,5-17H2,1-4H3,(H,22,27)(H2,21,23,24). The monoisotopic (exact) mass is 382 g/mol. The van der Waals surface area contributed by atoms with Gasteiger partial charge in [-0.1, -0.05) is 20.3 Å². The predicted molar refractivity (Wildman–Crippen MR) is 114 cm³/mol. The highest BCUT2D eigenvalue weighted by atomic mass is 16.2. The van der Waals surface area contributed by atoms with Crippen LogP contribution in [0.1, 0.15) is 52.9 Å². The maximum atomic E-state index is 11.9. The summed E-state index contributed by atoms with van der Waals surface area (Å²) < 4.78 is 0. The molecule has 27 heavy (non-hydrogen) atoms. The van der Waals surface area contributed by atoms with E-state index in [4.69, 9.17) is 4.99 Å². The largest absolute Gasteiger partial charge is 0.357 e. The lowest BCUT2D eigenvalue weighted by molar-refractivity contribution is -0.122. The first-order valence-electron chi connectivity index (χ1n) is 10.8. The second-order valence-electron chi connectivity index (χ2n) is 7.46. The number of amides is 1. The molecule has 1 aliphatic heterocycles. The maximum Gasteiger partial charge on any atom is 0.234 e. The van der Waals surface area contributed by atoms with Crippen molar-refractivity contribution in [2.45, 2.75) is 58.9 Å². The van der Waals surface area contributed by atoms with Crippen LogP contribution in [0.4, 0.5) is 0 Å². The molecule has 0 saturated carbocycles. The molecule has 0 aromatic carbocycles. The first-order chi connectivity index (χ1) is 13.1. The Hall–Kier alpha value is -1.34. The van der Waals surface area contributed by atoms with Gasteiger partial charge in [0.25, 0.3) is 0 Å². The van der Waals surface area contributed by atoms with Crippen molar-refractivity contribution in [3.05, 3.63) is 0 Å². The molecule has 1 rings (SSSR count). The summed E-state index contributed by atoms with van der Waals surface area (Å²) in [5.74, 6) is 1.06. The number of carbonyl (C=O) groups excluding carboxylic acids is 1. The Morgan fingerprint density at radius 3 is 2.48 bits per heavy atom. The van der Waals surface area contributed by atoms with Gasteiger partial charge in [0.05, 0.1) is 13.1 Å². The molecule has 1 aliphatic rings. The van der Waals surface area contributed by atoms with E-state index >= 15 is 0 Å². The highest BCUT2D eigenvalue weighted by Crippen LogP contribution is 2.09. The second-order valence-corrected chi connectivity index (χ2v) is 7.46. The number of hydrogen-bond donors (Lipinski definition) is 3. The van der Waals surface area contributed by atoms with Gasteiger partial charge in [-0.05, 0) is 46.2 Å². The molecule has 1 heterocycles. The molecule has 7 nitrogen and oxygen atoms in total. The molecule has 0 bridgehead atoms. The Morgan fingerprint density at radius 1 is 1.11 bits per heavy atom. The van der Waals surface area contributed by atoms with E-state index in [-0.39, 0.29) is 5.91 Å². The van der Waals surface area contributed by atoms with Crippen molar-refractivity contribution in [1.29, 1.82) is 0 Å². The number of hydrogen-bond acceptors (Lipinski definition) is 4. The fourth-order valence-corrected chi connectivity index (χ4v) is 3.14. The fourth-order valence-electron chi connectivity index (χ4n) is 3.14. The molecule has 0 unspecified atom stereocenters. The van der Waals surface area contributed by atoms with Gasteiger partial charge in [-0.2, -0.15) is 0 Å². The summed E-state index contributed by atoms with van der Waals surface area (Å²) in [6, 6.07) is 0.426. The van der Waals surface area contributed by atoms with Gasteiger partial charge in [-0.3, -0.25) is 14.7 Å². The van der Waals surface area contributed by atoms with Gasteiger partial charge in [-0.25, -0.2) is 0 Å². The SMILES string of the molecule is CCCCN(C)CCN=C(NCC)NC1CCN(CC(=O)NCCC)CC1. The third kappa shape index (κ3) is 11.2.